The van der Waals surface area contributed by atoms with Gasteiger partial charge in [0, 0.05) is 11.5 Å². The fourth-order valence-electron chi connectivity index (χ4n) is 1.34. The molecule has 0 aliphatic carbocycles. The van der Waals surface area contributed by atoms with Gasteiger partial charge in [-0.05, 0) is 44.0 Å². The lowest BCUT2D eigenvalue weighted by Crippen LogP contribution is -2.23. The van der Waals surface area contributed by atoms with Gasteiger partial charge in [0.15, 0.2) is 0 Å². The molecule has 0 bridgehead atoms. The van der Waals surface area contributed by atoms with Crippen LogP contribution in [0.5, 0.6) is 0 Å². The van der Waals surface area contributed by atoms with Gasteiger partial charge < -0.3 is 4.74 Å². The molecule has 1 aromatic carbocycles. The number of hydrogen-bond donors (Lipinski definition) is 0. The van der Waals surface area contributed by atoms with Crippen molar-refractivity contribution in [3.63, 3.8) is 0 Å². The van der Waals surface area contributed by atoms with Crippen LogP contribution in [0.3, 0.4) is 0 Å². The maximum absolute atomic E-state index is 11.8. The summed E-state index contributed by atoms with van der Waals surface area (Å²) in [6, 6.07) is 7.04. The summed E-state index contributed by atoms with van der Waals surface area (Å²) in [5, 5.41) is 3.39. The molecule has 0 fully saturated rings. The molecule has 0 saturated heterocycles. The van der Waals surface area contributed by atoms with E-state index >= 15 is 0 Å². The highest BCUT2D eigenvalue weighted by atomic mass is 16.6. The third-order valence-electron chi connectivity index (χ3n) is 2.11. The van der Waals surface area contributed by atoms with E-state index in [0.29, 0.717) is 12.1 Å². The molecule has 0 N–H and O–H groups in total. The Morgan fingerprint density at radius 3 is 2.53 bits per heavy atom. The van der Waals surface area contributed by atoms with Gasteiger partial charge >= 0.3 is 5.97 Å². The third kappa shape index (κ3) is 5.75. The molecule has 0 unspecified atom stereocenters. The molecule has 1 rings (SSSR count). The highest BCUT2D eigenvalue weighted by Gasteiger charge is 2.17. The first-order valence-electron chi connectivity index (χ1n) is 5.93. The minimum atomic E-state index is -0.495. The normalized spacial score (nSPS) is 11.1. The second-order valence-corrected chi connectivity index (χ2v) is 4.94. The van der Waals surface area contributed by atoms with Crippen LogP contribution in [0.25, 0.3) is 16.5 Å². The van der Waals surface area contributed by atoms with Gasteiger partial charge in [0.25, 0.3) is 0 Å². The fourth-order valence-corrected chi connectivity index (χ4v) is 1.34. The summed E-state index contributed by atoms with van der Waals surface area (Å²) >= 11 is 0. The monoisotopic (exact) mass is 259 g/mol. The minimum absolute atomic E-state index is 0.310. The van der Waals surface area contributed by atoms with Gasteiger partial charge in [0.05, 0.1) is 5.56 Å². The van der Waals surface area contributed by atoms with Gasteiger partial charge in [0.2, 0.25) is 0 Å². The molecule has 5 heteroatoms. The van der Waals surface area contributed by atoms with Crippen molar-refractivity contribution >= 4 is 12.0 Å². The number of azide groups is 1. The average Bonchev–Trinajstić information content (AvgIpc) is 2.33. The van der Waals surface area contributed by atoms with Crippen molar-refractivity contribution < 1.29 is 9.53 Å². The zero-order valence-corrected chi connectivity index (χ0v) is 11.3. The first kappa shape index (κ1) is 14.8. The van der Waals surface area contributed by atoms with E-state index in [1.165, 1.54) is 0 Å². The maximum atomic E-state index is 11.8. The molecule has 0 aliphatic rings. The van der Waals surface area contributed by atoms with Crippen LogP contribution in [-0.2, 0) is 4.74 Å². The summed E-state index contributed by atoms with van der Waals surface area (Å²) in [5.41, 5.74) is 9.08. The number of rotatable bonds is 4. The Bertz CT molecular complexity index is 506. The molecule has 0 atom stereocenters. The SMILES string of the molecule is CC(C)(C)OC(=O)c1ccc(C=CCN=[N+]=[N-])cc1. The quantitative estimate of drug-likeness (QED) is 0.355. The average molecular weight is 259 g/mol. The van der Waals surface area contributed by atoms with Gasteiger partial charge in [-0.2, -0.15) is 0 Å². The Hall–Kier alpha value is -2.26. The van der Waals surface area contributed by atoms with E-state index in [1.807, 2.05) is 39.0 Å². The zero-order valence-electron chi connectivity index (χ0n) is 11.3. The van der Waals surface area contributed by atoms with Gasteiger partial charge in [-0.3, -0.25) is 0 Å². The van der Waals surface area contributed by atoms with Crippen LogP contribution >= 0.6 is 0 Å². The maximum Gasteiger partial charge on any atom is 0.338 e. The highest BCUT2D eigenvalue weighted by Crippen LogP contribution is 2.13. The van der Waals surface area contributed by atoms with E-state index in [0.717, 1.165) is 5.56 Å². The summed E-state index contributed by atoms with van der Waals surface area (Å²) in [5.74, 6) is -0.336. The number of nitrogens with zero attached hydrogens (tertiary/aromatic N) is 3. The number of ether oxygens (including phenoxy) is 1. The summed E-state index contributed by atoms with van der Waals surface area (Å²) in [7, 11) is 0. The standard InChI is InChI=1S/C14H17N3O2/c1-14(2,3)19-13(18)12-8-6-11(7-9-12)5-4-10-16-17-15/h4-9H,10H2,1-3H3. The van der Waals surface area contributed by atoms with E-state index in [1.54, 1.807) is 18.2 Å². The first-order chi connectivity index (χ1) is 8.92. The van der Waals surface area contributed by atoms with Crippen LogP contribution in [0, 0.1) is 0 Å². The van der Waals surface area contributed by atoms with E-state index in [4.69, 9.17) is 10.3 Å². The largest absolute Gasteiger partial charge is 0.456 e. The van der Waals surface area contributed by atoms with Crippen molar-refractivity contribution in [1.29, 1.82) is 0 Å². The second-order valence-electron chi connectivity index (χ2n) is 4.94. The number of hydrogen-bond acceptors (Lipinski definition) is 3. The van der Waals surface area contributed by atoms with Crippen molar-refractivity contribution in [2.75, 3.05) is 6.54 Å². The zero-order chi connectivity index (χ0) is 14.3. The van der Waals surface area contributed by atoms with Crippen LogP contribution in [0.4, 0.5) is 0 Å². The van der Waals surface area contributed by atoms with E-state index in [-0.39, 0.29) is 5.97 Å². The molecular weight excluding hydrogens is 242 g/mol. The fraction of sp³-hybridized carbons (Fsp3) is 0.357. The summed E-state index contributed by atoms with van der Waals surface area (Å²) in [4.78, 5) is 14.4. The van der Waals surface area contributed by atoms with Gasteiger partial charge in [-0.15, -0.1) is 0 Å². The first-order valence-corrected chi connectivity index (χ1v) is 5.93. The highest BCUT2D eigenvalue weighted by molar-refractivity contribution is 5.89. The van der Waals surface area contributed by atoms with Gasteiger partial charge in [-0.25, -0.2) is 4.79 Å². The number of esters is 1. The smallest absolute Gasteiger partial charge is 0.338 e. The molecule has 0 aliphatic heterocycles. The number of benzene rings is 1. The molecule has 0 spiro atoms. The molecule has 19 heavy (non-hydrogen) atoms. The lowest BCUT2D eigenvalue weighted by atomic mass is 10.1. The Kier molecular flexibility index (Phi) is 5.15. The van der Waals surface area contributed by atoms with Crippen LogP contribution in [0.1, 0.15) is 36.7 Å². The Morgan fingerprint density at radius 1 is 1.37 bits per heavy atom. The summed E-state index contributed by atoms with van der Waals surface area (Å²) in [6.45, 7) is 5.80. The predicted octanol–water partition coefficient (Wildman–Crippen LogP) is 3.97. The van der Waals surface area contributed by atoms with Crippen molar-refractivity contribution in [3.8, 4) is 0 Å². The third-order valence-corrected chi connectivity index (χ3v) is 2.11. The van der Waals surface area contributed by atoms with E-state index in [9.17, 15) is 4.79 Å². The second kappa shape index (κ2) is 6.61. The molecule has 0 saturated carbocycles. The van der Waals surface area contributed by atoms with Crippen molar-refractivity contribution in [3.05, 3.63) is 51.9 Å². The summed E-state index contributed by atoms with van der Waals surface area (Å²) < 4.78 is 5.26. The van der Waals surface area contributed by atoms with Crippen molar-refractivity contribution in [2.24, 2.45) is 5.11 Å². The molecular formula is C14H17N3O2. The van der Waals surface area contributed by atoms with Gasteiger partial charge in [-0.1, -0.05) is 29.4 Å². The molecule has 0 aromatic heterocycles. The van der Waals surface area contributed by atoms with Crippen LogP contribution < -0.4 is 0 Å². The lowest BCUT2D eigenvalue weighted by molar-refractivity contribution is 0.00695. The van der Waals surface area contributed by atoms with E-state index in [2.05, 4.69) is 10.0 Å². The molecule has 5 nitrogen and oxygen atoms in total. The van der Waals surface area contributed by atoms with Crippen molar-refractivity contribution in [1.82, 2.24) is 0 Å². The molecule has 100 valence electrons. The predicted molar refractivity (Wildman–Crippen MR) is 74.7 cm³/mol. The van der Waals surface area contributed by atoms with Crippen LogP contribution in [-0.4, -0.2) is 18.1 Å². The summed E-state index contributed by atoms with van der Waals surface area (Å²) in [6.07, 6.45) is 3.58. The van der Waals surface area contributed by atoms with Crippen LogP contribution in [0.2, 0.25) is 0 Å². The Balaban J connectivity index is 2.68. The molecule has 1 aromatic rings. The molecule has 0 heterocycles. The Morgan fingerprint density at radius 2 is 2.00 bits per heavy atom. The number of carbonyl (C=O) groups excluding carboxylic acids is 1. The van der Waals surface area contributed by atoms with E-state index < -0.39 is 5.60 Å². The van der Waals surface area contributed by atoms with Gasteiger partial charge in [0.1, 0.15) is 5.60 Å². The topological polar surface area (TPSA) is 75.1 Å². The van der Waals surface area contributed by atoms with Crippen molar-refractivity contribution in [2.45, 2.75) is 26.4 Å². The Labute approximate surface area is 112 Å². The van der Waals surface area contributed by atoms with Crippen LogP contribution in [0.15, 0.2) is 35.5 Å². The number of carbonyl (C=O) groups is 1. The lowest BCUT2D eigenvalue weighted by Gasteiger charge is -2.19. The minimum Gasteiger partial charge on any atom is -0.456 e. The molecule has 0 amide bonds. The molecule has 0 radical (unpaired) electrons.